The number of phenols is 1. The Kier molecular flexibility index (Phi) is 39.7. The third-order valence-corrected chi connectivity index (χ3v) is 18.4. The second-order valence-corrected chi connectivity index (χ2v) is 28.0. The summed E-state index contributed by atoms with van der Waals surface area (Å²) < 4.78 is 0. The Bertz CT molecular complexity index is 3040. The molecule has 3 rings (SSSR count). The number of thioether (sulfide) groups is 1. The van der Waals surface area contributed by atoms with Gasteiger partial charge in [0.15, 0.2) is 17.9 Å². The van der Waals surface area contributed by atoms with E-state index < -0.39 is 143 Å². The van der Waals surface area contributed by atoms with Crippen LogP contribution < -0.4 is 93.3 Å². The van der Waals surface area contributed by atoms with Crippen LogP contribution in [0, 0.1) is 17.8 Å². The number of guanidine groups is 3. The van der Waals surface area contributed by atoms with E-state index in [1.165, 1.54) is 47.9 Å². The predicted molar refractivity (Wildman–Crippen MR) is 397 cm³/mol. The second kappa shape index (κ2) is 46.2. The standard InChI is InChI=1S/C65H111N21O13S3/c1-35(2)30-45(80-54(91)43(24-29-102-6)78-59(96)49(34-101)84-53(90)41(76-37(5)87)16-10-25-73-63(67)68)56(93)81-46(31-38-14-8-7-9-15-38)57(94)77-42(17-11-26-74-64(69)70)55(92)85-51(36(3)4)61(98)82-47(32-39-20-22-40(88)23-21-39)58(95)79-44(18-12-27-75-65(71)72)62(99)86-28-13-19-50(86)60(97)83-48(33-100)52(66)89/h20-23,35-36,38,41-51,88,100-101H,7-19,24-34H2,1-6H3,(H2,66,89)(H,76,87)(H,77,94)(H,78,96)(H,79,95)(H,80,91)(H,81,93)(H,82,98)(H,83,97)(H,84,90)(H,85,92)(H4,67,68,73)(H4,69,70,74)(H4,71,72,75)/t41-,42-,43-,44-,45-,46-,47-,48-,49-,50-,51-/m0/s1. The van der Waals surface area contributed by atoms with E-state index in [0.717, 1.165) is 32.1 Å². The van der Waals surface area contributed by atoms with Gasteiger partial charge in [0.25, 0.3) is 0 Å². The van der Waals surface area contributed by atoms with Gasteiger partial charge in [-0.1, -0.05) is 71.9 Å². The fraction of sp³-hybridized carbons (Fsp3) is 0.677. The van der Waals surface area contributed by atoms with Gasteiger partial charge in [-0.25, -0.2) is 0 Å². The molecule has 1 saturated carbocycles. The number of carbonyl (C=O) groups is 12. The van der Waals surface area contributed by atoms with Crippen molar-refractivity contribution >= 4 is 126 Å². The van der Waals surface area contributed by atoms with Gasteiger partial charge in [-0.3, -0.25) is 72.5 Å². The van der Waals surface area contributed by atoms with Gasteiger partial charge in [0.2, 0.25) is 70.9 Å². The minimum absolute atomic E-state index is 0.0162. The lowest BCUT2D eigenvalue weighted by Gasteiger charge is -2.31. The monoisotopic (exact) mass is 1490 g/mol. The van der Waals surface area contributed by atoms with E-state index >= 15 is 4.79 Å². The third-order valence-electron chi connectivity index (χ3n) is 17.0. The lowest BCUT2D eigenvalue weighted by atomic mass is 9.84. The highest BCUT2D eigenvalue weighted by molar-refractivity contribution is 7.98. The van der Waals surface area contributed by atoms with Crippen molar-refractivity contribution in [2.75, 3.05) is 49.7 Å². The highest BCUT2D eigenvalue weighted by Crippen LogP contribution is 2.28. The molecular weight excluding hydrogens is 1380 g/mol. The number of aromatic hydroxyl groups is 1. The van der Waals surface area contributed by atoms with E-state index in [0.29, 0.717) is 24.2 Å². The van der Waals surface area contributed by atoms with Crippen LogP contribution in [0.3, 0.4) is 0 Å². The summed E-state index contributed by atoms with van der Waals surface area (Å²) in [7, 11) is 0. The first-order valence-corrected chi connectivity index (χ1v) is 37.2. The largest absolute Gasteiger partial charge is 0.508 e. The Balaban J connectivity index is 2.01. The molecule has 37 heteroatoms. The van der Waals surface area contributed by atoms with Gasteiger partial charge in [-0.15, -0.1) is 0 Å². The van der Waals surface area contributed by atoms with E-state index in [9.17, 15) is 57.8 Å². The van der Waals surface area contributed by atoms with Crippen LogP contribution in [-0.2, 0) is 64.0 Å². The van der Waals surface area contributed by atoms with Crippen LogP contribution in [0.5, 0.6) is 5.75 Å². The van der Waals surface area contributed by atoms with Gasteiger partial charge in [0.05, 0.1) is 0 Å². The van der Waals surface area contributed by atoms with Crippen molar-refractivity contribution in [3.63, 3.8) is 0 Å². The van der Waals surface area contributed by atoms with E-state index in [1.807, 2.05) is 13.8 Å². The number of nitrogens with one attached hydrogen (secondary N) is 10. The molecule has 1 aliphatic carbocycles. The summed E-state index contributed by atoms with van der Waals surface area (Å²) >= 11 is 9.82. The summed E-state index contributed by atoms with van der Waals surface area (Å²) in [5.74, 6) is -10.5. The minimum Gasteiger partial charge on any atom is -0.508 e. The number of primary amides is 1. The highest BCUT2D eigenvalue weighted by atomic mass is 32.2. The number of phenolic OH excluding ortho intramolecular Hbond substituents is 1. The molecule has 2 aliphatic rings. The van der Waals surface area contributed by atoms with Crippen molar-refractivity contribution in [2.45, 2.75) is 210 Å². The summed E-state index contributed by atoms with van der Waals surface area (Å²) in [6.45, 7) is 8.49. The number of thiol groups is 2. The van der Waals surface area contributed by atoms with Crippen LogP contribution in [0.25, 0.3) is 0 Å². The molecule has 1 aromatic carbocycles. The zero-order valence-electron chi connectivity index (χ0n) is 59.3. The number of benzene rings is 1. The fourth-order valence-electron chi connectivity index (χ4n) is 11.7. The van der Waals surface area contributed by atoms with Crippen LogP contribution in [0.2, 0.25) is 0 Å². The van der Waals surface area contributed by atoms with E-state index in [2.05, 4.69) is 93.4 Å². The van der Waals surface area contributed by atoms with Crippen LogP contribution in [0.15, 0.2) is 39.2 Å². The van der Waals surface area contributed by atoms with Gasteiger partial charge in [0, 0.05) is 51.0 Å². The fourth-order valence-corrected chi connectivity index (χ4v) is 12.7. The number of nitrogens with two attached hydrogens (primary N) is 7. The number of hydrogen-bond donors (Lipinski definition) is 20. The first kappa shape index (κ1) is 87.7. The molecule has 572 valence electrons. The molecule has 1 aliphatic heterocycles. The summed E-state index contributed by atoms with van der Waals surface area (Å²) in [6, 6.07) is -8.14. The maximum atomic E-state index is 15.0. The molecule has 12 amide bonds. The van der Waals surface area contributed by atoms with Crippen molar-refractivity contribution in [2.24, 2.45) is 72.9 Å². The Hall–Kier alpha value is -8.48. The average Bonchev–Trinajstić information content (AvgIpc) is 1.56. The van der Waals surface area contributed by atoms with E-state index in [4.69, 9.17) is 40.1 Å². The van der Waals surface area contributed by atoms with Crippen molar-refractivity contribution in [1.82, 2.24) is 58.1 Å². The highest BCUT2D eigenvalue weighted by Gasteiger charge is 2.41. The first-order chi connectivity index (χ1) is 48.3. The number of likely N-dealkylation sites (tertiary alicyclic amines) is 1. The zero-order chi connectivity index (χ0) is 76.2. The van der Waals surface area contributed by atoms with E-state index in [-0.39, 0.29) is 137 Å². The lowest BCUT2D eigenvalue weighted by molar-refractivity contribution is -0.142. The maximum absolute atomic E-state index is 15.0. The molecule has 34 nitrogen and oxygen atoms in total. The molecule has 11 atom stereocenters. The molecule has 0 spiro atoms. The van der Waals surface area contributed by atoms with Crippen molar-refractivity contribution in [3.8, 4) is 5.75 Å². The first-order valence-electron chi connectivity index (χ1n) is 34.5. The Morgan fingerprint density at radius 2 is 0.961 bits per heavy atom. The average molecular weight is 1490 g/mol. The quantitative estimate of drug-likeness (QED) is 0.0132. The van der Waals surface area contributed by atoms with Crippen molar-refractivity contribution < 1.29 is 62.6 Å². The molecule has 0 radical (unpaired) electrons. The lowest BCUT2D eigenvalue weighted by Crippen LogP contribution is -2.61. The van der Waals surface area contributed by atoms with Gasteiger partial charge in [0.1, 0.15) is 72.2 Å². The van der Waals surface area contributed by atoms with Gasteiger partial charge >= 0.3 is 0 Å². The van der Waals surface area contributed by atoms with Crippen LogP contribution in [0.4, 0.5) is 0 Å². The number of hydrogen-bond acceptors (Lipinski definition) is 19. The van der Waals surface area contributed by atoms with Gasteiger partial charge in [-0.2, -0.15) is 37.0 Å². The Morgan fingerprint density at radius 3 is 1.46 bits per heavy atom. The molecule has 25 N–H and O–H groups in total. The topological polar surface area (TPSA) is 568 Å². The Morgan fingerprint density at radius 1 is 0.520 bits per heavy atom. The van der Waals surface area contributed by atoms with Crippen LogP contribution >= 0.6 is 37.0 Å². The molecule has 1 saturated heterocycles. The van der Waals surface area contributed by atoms with Crippen LogP contribution in [-0.4, -0.2) is 215 Å². The van der Waals surface area contributed by atoms with Gasteiger partial charge in [-0.05, 0) is 118 Å². The molecule has 2 fully saturated rings. The minimum atomic E-state index is -1.47. The zero-order valence-corrected chi connectivity index (χ0v) is 61.9. The second-order valence-electron chi connectivity index (χ2n) is 26.3. The smallest absolute Gasteiger partial charge is 0.245 e. The van der Waals surface area contributed by atoms with Crippen molar-refractivity contribution in [3.05, 3.63) is 29.8 Å². The molecule has 0 bridgehead atoms. The molecular formula is C65H111N21O13S3. The number of aliphatic imine (C=N–C) groups is 3. The number of rotatable bonds is 45. The molecule has 102 heavy (non-hydrogen) atoms. The molecule has 0 aromatic heterocycles. The summed E-state index contributed by atoms with van der Waals surface area (Å²) in [5, 5.41) is 37.4. The number of carbonyl (C=O) groups excluding carboxylic acids is 12. The maximum Gasteiger partial charge on any atom is 0.245 e. The number of nitrogens with zero attached hydrogens (tertiary/aromatic N) is 4. The van der Waals surface area contributed by atoms with Gasteiger partial charge < -0.3 is 103 Å². The van der Waals surface area contributed by atoms with Crippen molar-refractivity contribution in [1.29, 1.82) is 0 Å². The third kappa shape index (κ3) is 32.2. The SMILES string of the molecule is CSCC[C@H](NC(=O)[C@H](CS)NC(=O)[C@H](CCCN=C(N)N)NC(C)=O)C(=O)N[C@@H](CC(C)C)C(=O)N[C@@H](CC1CCCCC1)C(=O)N[C@@H](CCCN=C(N)N)C(=O)N[C@H](C(=O)N[C@@H](Cc1ccc(O)cc1)C(=O)N[C@@H](CCCN=C(N)N)C(=O)N1CCC[C@H]1C(=O)N[C@@H](CS)C(N)=O)C(C)C. The molecule has 1 aromatic rings. The molecule has 1 heterocycles. The Labute approximate surface area is 611 Å². The summed E-state index contributed by atoms with van der Waals surface area (Å²) in [6.07, 6.45) is 7.21. The van der Waals surface area contributed by atoms with Crippen LogP contribution in [0.1, 0.15) is 143 Å². The van der Waals surface area contributed by atoms with E-state index in [1.54, 1.807) is 20.1 Å². The molecule has 0 unspecified atom stereocenters. The number of amides is 12. The normalized spacial score (nSPS) is 16.6. The predicted octanol–water partition coefficient (Wildman–Crippen LogP) is -3.28. The summed E-state index contributed by atoms with van der Waals surface area (Å²) in [4.78, 5) is 182. The summed E-state index contributed by atoms with van der Waals surface area (Å²) in [5.41, 5.74) is 39.3.